The lowest BCUT2D eigenvalue weighted by atomic mass is 10.1. The number of carbonyl (C=O) groups excluding carboxylic acids is 4. The molecule has 0 aliphatic rings. The first-order valence-corrected chi connectivity index (χ1v) is 18.8. The number of benzene rings is 6. The van der Waals surface area contributed by atoms with Gasteiger partial charge in [-0.1, -0.05) is 71.3 Å². The molecule has 348 valence electrons. The summed E-state index contributed by atoms with van der Waals surface area (Å²) in [5.74, 6) is -5.07. The van der Waals surface area contributed by atoms with Gasteiger partial charge in [-0.15, -0.1) is 0 Å². The van der Waals surface area contributed by atoms with E-state index in [1.54, 1.807) is 61.5 Å². The maximum Gasteiger partial charge on any atom is 0.337 e. The number of carboxylic acid groups (broad SMARTS) is 2. The number of hydrogen-bond donors (Lipinski definition) is 5. The second kappa shape index (κ2) is 29.0. The third kappa shape index (κ3) is 21.6. The molecule has 6 aromatic rings. The molecule has 0 aliphatic heterocycles. The number of aromatic carboxylic acids is 2. The molecule has 6 aromatic carbocycles. The molecule has 0 aliphatic carbocycles. The van der Waals surface area contributed by atoms with Crippen molar-refractivity contribution < 1.29 is 80.2 Å². The van der Waals surface area contributed by atoms with Crippen molar-refractivity contribution in [3.63, 3.8) is 0 Å². The maximum atomic E-state index is 12.0. The summed E-state index contributed by atoms with van der Waals surface area (Å²) in [6.07, 6.45) is 0. The van der Waals surface area contributed by atoms with Gasteiger partial charge in [0.05, 0.1) is 36.5 Å². The van der Waals surface area contributed by atoms with Gasteiger partial charge in [0, 0.05) is 55.5 Å². The van der Waals surface area contributed by atoms with E-state index in [4.69, 9.17) is 36.9 Å². The van der Waals surface area contributed by atoms with Crippen molar-refractivity contribution >= 4 is 35.7 Å². The summed E-state index contributed by atoms with van der Waals surface area (Å²) in [4.78, 5) is 66.0. The number of nitrogens with zero attached hydrogens (tertiary/aromatic N) is 2. The predicted octanol–water partition coefficient (Wildman–Crippen LogP) is 8.53. The molecule has 0 saturated carbocycles. The fourth-order valence-corrected chi connectivity index (χ4v) is 4.73. The SMILES string of the molecule is COC(=O)c1cccc(C)c1.COC(=O)c1cccc(O)c1.Cc1cccc(C(=O)O)c1.O=C(O)c1cccc(O)c1.[2H]C([2H])([2H])N(C(=O)c1cccc(C)c1)C([2H])([2H])[2H].[2H]C([2H])([2H])N(C(=O)c1cccc(O)c1)C([2H])([2H])[2H]. The topological polar surface area (TPSA) is 229 Å². The Morgan fingerprint density at radius 2 is 0.667 bits per heavy atom. The van der Waals surface area contributed by atoms with Crippen molar-refractivity contribution in [2.45, 2.75) is 20.8 Å². The third-order valence-electron chi connectivity index (χ3n) is 7.83. The van der Waals surface area contributed by atoms with Crippen molar-refractivity contribution in [2.75, 3.05) is 42.1 Å². The minimum Gasteiger partial charge on any atom is -0.508 e. The van der Waals surface area contributed by atoms with E-state index in [1.165, 1.54) is 80.9 Å². The van der Waals surface area contributed by atoms with E-state index in [1.807, 2.05) is 32.0 Å². The number of phenols is 3. The highest BCUT2D eigenvalue weighted by Crippen LogP contribution is 2.13. The van der Waals surface area contributed by atoms with Crippen LogP contribution in [0.1, 0.15) is 95.3 Å². The Bertz CT molecular complexity index is 2750. The maximum absolute atomic E-state index is 12.0. The molecule has 15 nitrogen and oxygen atoms in total. The molecule has 2 amide bonds. The molecule has 0 aromatic heterocycles. The van der Waals surface area contributed by atoms with Gasteiger partial charge in [-0.25, -0.2) is 19.2 Å². The molecular formula is C51H56N2O13. The quantitative estimate of drug-likeness (QED) is 0.0988. The molecule has 66 heavy (non-hydrogen) atoms. The zero-order valence-corrected chi connectivity index (χ0v) is 36.3. The molecule has 0 fully saturated rings. The van der Waals surface area contributed by atoms with Crippen LogP contribution in [0.5, 0.6) is 17.2 Å². The summed E-state index contributed by atoms with van der Waals surface area (Å²) < 4.78 is 94.5. The second-order valence-corrected chi connectivity index (χ2v) is 13.1. The number of carbonyl (C=O) groups is 6. The largest absolute Gasteiger partial charge is 0.508 e. The zero-order valence-electron chi connectivity index (χ0n) is 48.3. The third-order valence-corrected chi connectivity index (χ3v) is 7.83. The molecule has 0 spiro atoms. The zero-order chi connectivity index (χ0) is 59.9. The monoisotopic (exact) mass is 916 g/mol. The standard InChI is InChI=1S/C10H13NO.C9H11NO2.C9H10O2.C8H8O3.C8H8O2.C7H6O3/c1-8-5-4-6-9(7-8)10(12)11(2)3;1-10(2)9(12)7-4-3-5-8(11)6-7;1-7-4-3-5-8(6-7)9(10)11-2;1-11-8(10)6-3-2-4-7(9)5-6;1-6-3-2-4-7(5-6)8(9)10;8-6-3-1-2-5(4-6)7(9)10/h4-7H,1-3H3;3-6,11H,1-2H3;3-6H,1-2H3;2-5,9H,1H3;2-5H,1H3,(H,9,10);1-4,8H,(H,9,10)/i2D3,3D3;1D3,2D3;;;;. The Kier molecular flexibility index (Phi) is 16.7. The number of esters is 2. The van der Waals surface area contributed by atoms with Crippen molar-refractivity contribution in [3.05, 3.63) is 196 Å². The van der Waals surface area contributed by atoms with Crippen LogP contribution >= 0.6 is 0 Å². The Morgan fingerprint density at radius 3 is 0.970 bits per heavy atom. The number of methoxy groups -OCH3 is 2. The van der Waals surface area contributed by atoms with E-state index >= 15 is 0 Å². The summed E-state index contributed by atoms with van der Waals surface area (Å²) >= 11 is 0. The lowest BCUT2D eigenvalue weighted by Gasteiger charge is -2.09. The molecule has 6 rings (SSSR count). The Labute approximate surface area is 401 Å². The summed E-state index contributed by atoms with van der Waals surface area (Å²) in [5, 5.41) is 43.9. The van der Waals surface area contributed by atoms with E-state index in [0.29, 0.717) is 16.7 Å². The summed E-state index contributed by atoms with van der Waals surface area (Å²) in [6.45, 7) is -6.66. The highest BCUT2D eigenvalue weighted by Gasteiger charge is 2.08. The van der Waals surface area contributed by atoms with Crippen LogP contribution in [0, 0.1) is 20.8 Å². The first-order valence-electron chi connectivity index (χ1n) is 24.8. The number of hydrogen-bond acceptors (Lipinski definition) is 11. The lowest BCUT2D eigenvalue weighted by molar-refractivity contribution is 0.0591. The van der Waals surface area contributed by atoms with Crippen LogP contribution in [0.3, 0.4) is 0 Å². The van der Waals surface area contributed by atoms with Crippen molar-refractivity contribution in [1.82, 2.24) is 9.80 Å². The molecule has 15 heteroatoms. The van der Waals surface area contributed by atoms with Gasteiger partial charge in [-0.3, -0.25) is 9.59 Å². The van der Waals surface area contributed by atoms with Crippen LogP contribution < -0.4 is 0 Å². The first-order chi connectivity index (χ1) is 35.9. The van der Waals surface area contributed by atoms with Crippen LogP contribution in [0.25, 0.3) is 0 Å². The van der Waals surface area contributed by atoms with E-state index in [9.17, 15) is 33.9 Å². The van der Waals surface area contributed by atoms with Crippen LogP contribution in [0.2, 0.25) is 0 Å². The number of aryl methyl sites for hydroxylation is 3. The van der Waals surface area contributed by atoms with Gasteiger partial charge in [0.2, 0.25) is 0 Å². The Morgan fingerprint density at radius 1 is 0.409 bits per heavy atom. The highest BCUT2D eigenvalue weighted by molar-refractivity contribution is 5.95. The van der Waals surface area contributed by atoms with Gasteiger partial charge < -0.3 is 44.8 Å². The van der Waals surface area contributed by atoms with Crippen LogP contribution in [-0.2, 0) is 9.47 Å². The summed E-state index contributed by atoms with van der Waals surface area (Å²) in [5.41, 5.74) is 4.02. The molecule has 0 unspecified atom stereocenters. The summed E-state index contributed by atoms with van der Waals surface area (Å²) in [7, 11) is 2.68. The molecule has 0 heterocycles. The van der Waals surface area contributed by atoms with Crippen LogP contribution in [0.4, 0.5) is 0 Å². The van der Waals surface area contributed by atoms with E-state index in [2.05, 4.69) is 9.47 Å². The molecule has 5 N–H and O–H groups in total. The van der Waals surface area contributed by atoms with Gasteiger partial charge in [-0.05, 0) is 112 Å². The van der Waals surface area contributed by atoms with Gasteiger partial charge in [-0.2, -0.15) is 0 Å². The lowest BCUT2D eigenvalue weighted by Crippen LogP contribution is -2.21. The molecule has 0 radical (unpaired) electrons. The molecule has 0 saturated heterocycles. The number of carboxylic acids is 2. The Hall–Kier alpha value is -8.46. The van der Waals surface area contributed by atoms with Crippen molar-refractivity contribution in [2.24, 2.45) is 0 Å². The second-order valence-electron chi connectivity index (χ2n) is 13.1. The smallest absolute Gasteiger partial charge is 0.337 e. The van der Waals surface area contributed by atoms with Gasteiger partial charge in [0.15, 0.2) is 0 Å². The van der Waals surface area contributed by atoms with Crippen LogP contribution in [-0.4, -0.2) is 113 Å². The van der Waals surface area contributed by atoms with Gasteiger partial charge in [0.1, 0.15) is 17.2 Å². The van der Waals surface area contributed by atoms with Gasteiger partial charge >= 0.3 is 23.9 Å². The first kappa shape index (κ1) is 38.0. The summed E-state index contributed by atoms with van der Waals surface area (Å²) in [6, 6.07) is 36.6. The Balaban J connectivity index is 0.000000477. The number of amides is 2. The molecule has 0 bridgehead atoms. The minimum atomic E-state index is -3.09. The van der Waals surface area contributed by atoms with E-state index < -0.39 is 57.6 Å². The minimum absolute atomic E-state index is 0.0279. The average Bonchev–Trinajstić information content (AvgIpc) is 3.32. The fourth-order valence-electron chi connectivity index (χ4n) is 4.73. The average molecular weight is 917 g/mol. The molecular weight excluding hydrogens is 849 g/mol. The number of rotatable bonds is 6. The van der Waals surface area contributed by atoms with Crippen molar-refractivity contribution in [3.8, 4) is 17.2 Å². The van der Waals surface area contributed by atoms with E-state index in [0.717, 1.165) is 22.8 Å². The van der Waals surface area contributed by atoms with Crippen molar-refractivity contribution in [1.29, 1.82) is 0 Å². The van der Waals surface area contributed by atoms with Crippen LogP contribution in [0.15, 0.2) is 146 Å². The highest BCUT2D eigenvalue weighted by atomic mass is 16.5. The normalized spacial score (nSPS) is 12.8. The predicted molar refractivity (Wildman–Crippen MR) is 250 cm³/mol. The number of ether oxygens (including phenoxy) is 2. The van der Waals surface area contributed by atoms with E-state index in [-0.39, 0.29) is 49.7 Å². The molecule has 0 atom stereocenters. The number of phenolic OH excluding ortho intramolecular Hbond substituents is 3. The van der Waals surface area contributed by atoms with Gasteiger partial charge in [0.25, 0.3) is 11.8 Å². The number of aromatic hydroxyl groups is 3. The fraction of sp³-hybridized carbons (Fsp3) is 0.176.